The Hall–Kier alpha value is -0.460. The molecule has 0 bridgehead atoms. The molecule has 0 N–H and O–H groups in total. The van der Waals surface area contributed by atoms with Crippen molar-refractivity contribution >= 4 is 0 Å². The first-order valence-electron chi connectivity index (χ1n) is 8.16. The third-order valence-electron chi connectivity index (χ3n) is 4.82. The lowest BCUT2D eigenvalue weighted by Gasteiger charge is -2.16. The van der Waals surface area contributed by atoms with Crippen molar-refractivity contribution in [2.24, 2.45) is 17.8 Å². The number of hydrogen-bond acceptors (Lipinski definition) is 1. The first kappa shape index (κ1) is 14.0. The summed E-state index contributed by atoms with van der Waals surface area (Å²) < 4.78 is 0. The Labute approximate surface area is 114 Å². The fourth-order valence-electron chi connectivity index (χ4n) is 3.62. The second-order valence-corrected chi connectivity index (χ2v) is 6.80. The summed E-state index contributed by atoms with van der Waals surface area (Å²) in [6.45, 7) is 7.47. The molecule has 0 aromatic heterocycles. The van der Waals surface area contributed by atoms with Crippen LogP contribution in [-0.4, -0.2) is 18.0 Å². The molecule has 0 radical (unpaired) electrons. The molecule has 1 nitrogen and oxygen atoms in total. The van der Waals surface area contributed by atoms with Crippen molar-refractivity contribution in [3.8, 4) is 0 Å². The normalized spacial score (nSPS) is 35.4. The molecule has 3 unspecified atom stereocenters. The summed E-state index contributed by atoms with van der Waals surface area (Å²) >= 11 is 0. The van der Waals surface area contributed by atoms with Gasteiger partial charge >= 0.3 is 0 Å². The van der Waals surface area contributed by atoms with Gasteiger partial charge in [-0.05, 0) is 56.1 Å². The van der Waals surface area contributed by atoms with Crippen LogP contribution in [-0.2, 0) is 0 Å². The summed E-state index contributed by atoms with van der Waals surface area (Å²) in [7, 11) is 0. The molecule has 2 fully saturated rings. The van der Waals surface area contributed by atoms with E-state index in [1.165, 1.54) is 64.5 Å². The summed E-state index contributed by atoms with van der Waals surface area (Å²) in [5.41, 5.74) is 0. The Morgan fingerprint density at radius 3 is 2.33 bits per heavy atom. The molecule has 1 heterocycles. The van der Waals surface area contributed by atoms with Crippen LogP contribution in [0.1, 0.15) is 65.2 Å². The molecule has 1 heteroatoms. The molecular formula is C17H31N. The van der Waals surface area contributed by atoms with E-state index in [2.05, 4.69) is 31.0 Å². The zero-order chi connectivity index (χ0) is 12.8. The van der Waals surface area contributed by atoms with Gasteiger partial charge in [0.25, 0.3) is 0 Å². The molecule has 3 atom stereocenters. The van der Waals surface area contributed by atoms with Gasteiger partial charge in [0.2, 0.25) is 0 Å². The van der Waals surface area contributed by atoms with Gasteiger partial charge in [-0.25, -0.2) is 0 Å². The SMILES string of the molecule is CC1CCCC(C=CN2CCCC2)CCC(C)C1. The van der Waals surface area contributed by atoms with Gasteiger partial charge < -0.3 is 4.90 Å². The topological polar surface area (TPSA) is 3.24 Å². The van der Waals surface area contributed by atoms with Crippen molar-refractivity contribution in [2.45, 2.75) is 65.2 Å². The van der Waals surface area contributed by atoms with Crippen LogP contribution in [0.4, 0.5) is 0 Å². The maximum absolute atomic E-state index is 2.52. The van der Waals surface area contributed by atoms with Gasteiger partial charge in [-0.15, -0.1) is 0 Å². The molecule has 0 aromatic carbocycles. The first-order valence-corrected chi connectivity index (χ1v) is 8.16. The van der Waals surface area contributed by atoms with E-state index in [0.717, 1.165) is 17.8 Å². The van der Waals surface area contributed by atoms with E-state index in [-0.39, 0.29) is 0 Å². The highest BCUT2D eigenvalue weighted by Crippen LogP contribution is 2.29. The Morgan fingerprint density at radius 2 is 1.56 bits per heavy atom. The van der Waals surface area contributed by atoms with Crippen molar-refractivity contribution < 1.29 is 0 Å². The quantitative estimate of drug-likeness (QED) is 0.677. The van der Waals surface area contributed by atoms with E-state index in [9.17, 15) is 0 Å². The zero-order valence-electron chi connectivity index (χ0n) is 12.4. The van der Waals surface area contributed by atoms with Gasteiger partial charge in [0.1, 0.15) is 0 Å². The second-order valence-electron chi connectivity index (χ2n) is 6.80. The predicted molar refractivity (Wildman–Crippen MR) is 79.5 cm³/mol. The van der Waals surface area contributed by atoms with Crippen molar-refractivity contribution in [1.29, 1.82) is 0 Å². The number of rotatable bonds is 2. The van der Waals surface area contributed by atoms with Crippen LogP contribution in [0.3, 0.4) is 0 Å². The Bertz CT molecular complexity index is 252. The molecule has 1 saturated heterocycles. The highest BCUT2D eigenvalue weighted by molar-refractivity contribution is 4.91. The van der Waals surface area contributed by atoms with Crippen LogP contribution < -0.4 is 0 Å². The minimum absolute atomic E-state index is 0.846. The Balaban J connectivity index is 1.82. The minimum Gasteiger partial charge on any atom is -0.378 e. The van der Waals surface area contributed by atoms with Gasteiger partial charge in [-0.1, -0.05) is 39.2 Å². The van der Waals surface area contributed by atoms with Gasteiger partial charge in [0.15, 0.2) is 0 Å². The lowest BCUT2D eigenvalue weighted by Crippen LogP contribution is -2.11. The van der Waals surface area contributed by atoms with E-state index >= 15 is 0 Å². The lowest BCUT2D eigenvalue weighted by molar-refractivity contribution is 0.379. The highest BCUT2D eigenvalue weighted by Gasteiger charge is 2.16. The van der Waals surface area contributed by atoms with E-state index in [1.54, 1.807) is 0 Å². The number of nitrogens with zero attached hydrogens (tertiary/aromatic N) is 1. The maximum atomic E-state index is 2.52. The van der Waals surface area contributed by atoms with Crippen LogP contribution in [0.5, 0.6) is 0 Å². The predicted octanol–water partition coefficient (Wildman–Crippen LogP) is 4.84. The standard InChI is InChI=1S/C17H31N/c1-15-6-5-7-17(9-8-16(2)14-15)10-13-18-11-3-4-12-18/h10,13,15-17H,3-9,11-12,14H2,1-2H3. The molecule has 1 saturated carbocycles. The molecule has 1 aliphatic carbocycles. The van der Waals surface area contributed by atoms with Crippen LogP contribution in [0.25, 0.3) is 0 Å². The van der Waals surface area contributed by atoms with Crippen molar-refractivity contribution in [3.63, 3.8) is 0 Å². The fourth-order valence-corrected chi connectivity index (χ4v) is 3.62. The second kappa shape index (κ2) is 7.21. The number of allylic oxidation sites excluding steroid dienone is 1. The van der Waals surface area contributed by atoms with Crippen LogP contribution >= 0.6 is 0 Å². The molecule has 2 aliphatic rings. The van der Waals surface area contributed by atoms with Crippen LogP contribution in [0, 0.1) is 17.8 Å². The average molecular weight is 249 g/mol. The summed E-state index contributed by atoms with van der Waals surface area (Å²) in [5.74, 6) is 2.72. The highest BCUT2D eigenvalue weighted by atomic mass is 15.1. The average Bonchev–Trinajstić information content (AvgIpc) is 2.85. The minimum atomic E-state index is 0.846. The molecule has 1 aliphatic heterocycles. The lowest BCUT2D eigenvalue weighted by atomic mass is 9.91. The van der Waals surface area contributed by atoms with Crippen LogP contribution in [0.2, 0.25) is 0 Å². The van der Waals surface area contributed by atoms with E-state index in [4.69, 9.17) is 0 Å². The molecule has 0 aromatic rings. The summed E-state index contributed by atoms with van der Waals surface area (Å²) in [5, 5.41) is 0. The number of hydrogen-bond donors (Lipinski definition) is 0. The van der Waals surface area contributed by atoms with E-state index in [1.807, 2.05) is 0 Å². The molecule has 2 rings (SSSR count). The zero-order valence-corrected chi connectivity index (χ0v) is 12.4. The molecule has 0 amide bonds. The Morgan fingerprint density at radius 1 is 0.833 bits per heavy atom. The third kappa shape index (κ3) is 4.66. The van der Waals surface area contributed by atoms with E-state index in [0.29, 0.717) is 0 Å². The molecule has 18 heavy (non-hydrogen) atoms. The summed E-state index contributed by atoms with van der Waals surface area (Å²) in [6, 6.07) is 0. The summed E-state index contributed by atoms with van der Waals surface area (Å²) in [6.07, 6.45) is 16.3. The maximum Gasteiger partial charge on any atom is 0.0173 e. The monoisotopic (exact) mass is 249 g/mol. The van der Waals surface area contributed by atoms with E-state index < -0.39 is 0 Å². The number of likely N-dealkylation sites (tertiary alicyclic amines) is 1. The van der Waals surface area contributed by atoms with Crippen molar-refractivity contribution in [2.75, 3.05) is 13.1 Å². The summed E-state index contributed by atoms with van der Waals surface area (Å²) in [4.78, 5) is 2.51. The van der Waals surface area contributed by atoms with Gasteiger partial charge in [-0.2, -0.15) is 0 Å². The molecule has 0 spiro atoms. The first-order chi connectivity index (χ1) is 8.74. The molecule has 104 valence electrons. The molecular weight excluding hydrogens is 218 g/mol. The van der Waals surface area contributed by atoms with Gasteiger partial charge in [-0.3, -0.25) is 0 Å². The largest absolute Gasteiger partial charge is 0.378 e. The third-order valence-corrected chi connectivity index (χ3v) is 4.82. The Kier molecular flexibility index (Phi) is 5.59. The van der Waals surface area contributed by atoms with Gasteiger partial charge in [0, 0.05) is 13.1 Å². The van der Waals surface area contributed by atoms with Crippen LogP contribution in [0.15, 0.2) is 12.3 Å². The van der Waals surface area contributed by atoms with Gasteiger partial charge in [0.05, 0.1) is 0 Å². The van der Waals surface area contributed by atoms with Crippen molar-refractivity contribution in [3.05, 3.63) is 12.3 Å². The smallest absolute Gasteiger partial charge is 0.0173 e. The van der Waals surface area contributed by atoms with Crippen molar-refractivity contribution in [1.82, 2.24) is 4.90 Å². The fraction of sp³-hybridized carbons (Fsp3) is 0.882.